The Bertz CT molecular complexity index is 572. The predicted octanol–water partition coefficient (Wildman–Crippen LogP) is 3.31. The fourth-order valence-corrected chi connectivity index (χ4v) is 4.20. The Morgan fingerprint density at radius 1 is 1.25 bits per heavy atom. The normalized spacial score (nSPS) is 27.9. The Hall–Kier alpha value is -0.820. The summed E-state index contributed by atoms with van der Waals surface area (Å²) < 4.78 is 42.3. The van der Waals surface area contributed by atoms with Gasteiger partial charge in [0, 0.05) is 43.0 Å². The number of hydrogen-bond acceptors (Lipinski definition) is 4. The van der Waals surface area contributed by atoms with Crippen molar-refractivity contribution in [1.29, 1.82) is 0 Å². The highest BCUT2D eigenvalue weighted by Gasteiger charge is 2.50. The standard InChI is InChI=1S/C18H26FNO3S/c1-17(2,3)24(21)20-16-13-6-4-5-7-15(13)23-12-14(16)18(19)8-10-22-11-9-18/h4-7,14,16,20H,8-12H2,1-3H3/t14-,16-,24?/m0/s1. The third-order valence-corrected chi connectivity index (χ3v) is 6.43. The van der Waals surface area contributed by atoms with Gasteiger partial charge in [0.25, 0.3) is 0 Å². The highest BCUT2D eigenvalue weighted by molar-refractivity contribution is 7.90. The third kappa shape index (κ3) is 3.57. The number of benzene rings is 1. The number of para-hydroxylation sites is 1. The molecule has 1 unspecified atom stereocenters. The molecule has 3 atom stereocenters. The van der Waals surface area contributed by atoms with E-state index in [-0.39, 0.29) is 18.6 Å². The van der Waals surface area contributed by atoms with Gasteiger partial charge in [-0.2, -0.15) is 0 Å². The molecular weight excluding hydrogens is 329 g/mol. The number of alkyl halides is 1. The van der Waals surface area contributed by atoms with Crippen LogP contribution in [0.4, 0.5) is 4.39 Å². The summed E-state index contributed by atoms with van der Waals surface area (Å²) in [6, 6.07) is 7.29. The molecule has 6 heteroatoms. The van der Waals surface area contributed by atoms with Gasteiger partial charge < -0.3 is 14.0 Å². The van der Waals surface area contributed by atoms with Crippen molar-refractivity contribution in [2.45, 2.75) is 50.1 Å². The smallest absolute Gasteiger partial charge is 0.136 e. The highest BCUT2D eigenvalue weighted by atomic mass is 32.2. The van der Waals surface area contributed by atoms with E-state index in [1.807, 2.05) is 45.0 Å². The van der Waals surface area contributed by atoms with Crippen molar-refractivity contribution in [1.82, 2.24) is 4.72 Å². The molecule has 0 radical (unpaired) electrons. The van der Waals surface area contributed by atoms with Crippen LogP contribution in [0.25, 0.3) is 0 Å². The maximum Gasteiger partial charge on any atom is 0.136 e. The van der Waals surface area contributed by atoms with Crippen LogP contribution in [-0.2, 0) is 16.1 Å². The summed E-state index contributed by atoms with van der Waals surface area (Å²) in [5.74, 6) is 0.357. The summed E-state index contributed by atoms with van der Waals surface area (Å²) in [5, 5.41) is 0. The third-order valence-electron chi connectivity index (χ3n) is 4.85. The quantitative estimate of drug-likeness (QED) is 0.845. The molecule has 0 amide bonds. The zero-order valence-electron chi connectivity index (χ0n) is 14.5. The number of ether oxygens (including phenoxy) is 2. The van der Waals surface area contributed by atoms with Gasteiger partial charge in [-0.25, -0.2) is 4.39 Å². The number of halogens is 1. The van der Waals surface area contributed by atoms with Gasteiger partial charge in [-0.15, -0.1) is 4.72 Å². The first-order valence-corrected chi connectivity index (χ1v) is 9.63. The Morgan fingerprint density at radius 3 is 2.58 bits per heavy atom. The zero-order valence-corrected chi connectivity index (χ0v) is 15.3. The van der Waals surface area contributed by atoms with Crippen molar-refractivity contribution in [2.75, 3.05) is 19.8 Å². The van der Waals surface area contributed by atoms with Crippen molar-refractivity contribution in [3.63, 3.8) is 0 Å². The van der Waals surface area contributed by atoms with Crippen molar-refractivity contribution in [3.8, 4) is 5.75 Å². The van der Waals surface area contributed by atoms with Crippen LogP contribution in [0.15, 0.2) is 24.3 Å². The molecule has 0 saturated carbocycles. The van der Waals surface area contributed by atoms with E-state index >= 15 is 4.39 Å². The number of hydrogen-bond donors (Lipinski definition) is 1. The molecule has 2 aliphatic rings. The Kier molecular flexibility index (Phi) is 5.12. The van der Waals surface area contributed by atoms with Crippen LogP contribution in [0, 0.1) is 5.92 Å². The highest BCUT2D eigenvalue weighted by Crippen LogP contribution is 2.46. The molecular formula is C18H26FNO3S. The van der Waals surface area contributed by atoms with E-state index in [9.17, 15) is 4.55 Å². The van der Waals surface area contributed by atoms with Gasteiger partial charge >= 0.3 is 0 Å². The molecule has 3 rings (SSSR count). The monoisotopic (exact) mass is 355 g/mol. The summed E-state index contributed by atoms with van der Waals surface area (Å²) >= 11 is -1.29. The molecule has 24 heavy (non-hydrogen) atoms. The first kappa shape index (κ1) is 18.0. The average Bonchev–Trinajstić information content (AvgIpc) is 2.54. The Morgan fingerprint density at radius 2 is 1.92 bits per heavy atom. The van der Waals surface area contributed by atoms with Gasteiger partial charge in [-0.1, -0.05) is 18.2 Å². The maximum atomic E-state index is 15.7. The molecule has 1 saturated heterocycles. The van der Waals surface area contributed by atoms with Crippen molar-refractivity contribution in [2.24, 2.45) is 5.92 Å². The van der Waals surface area contributed by atoms with Crippen molar-refractivity contribution in [3.05, 3.63) is 29.8 Å². The molecule has 1 N–H and O–H groups in total. The molecule has 1 aromatic carbocycles. The predicted molar refractivity (Wildman–Crippen MR) is 93.1 cm³/mol. The molecule has 2 aliphatic heterocycles. The Balaban J connectivity index is 1.93. The second-order valence-electron chi connectivity index (χ2n) is 7.58. The largest absolute Gasteiger partial charge is 0.598 e. The second kappa shape index (κ2) is 6.83. The fourth-order valence-electron chi connectivity index (χ4n) is 3.33. The van der Waals surface area contributed by atoms with Crippen molar-refractivity contribution >= 4 is 11.4 Å². The number of fused-ring (bicyclic) bond motifs is 1. The fraction of sp³-hybridized carbons (Fsp3) is 0.667. The summed E-state index contributed by atoms with van der Waals surface area (Å²) in [4.78, 5) is 0. The minimum atomic E-state index is -1.37. The van der Waals surface area contributed by atoms with Crippen LogP contribution < -0.4 is 9.46 Å². The van der Waals surface area contributed by atoms with Gasteiger partial charge in [-0.3, -0.25) is 0 Å². The van der Waals surface area contributed by atoms with E-state index in [4.69, 9.17) is 9.47 Å². The van der Waals surface area contributed by atoms with E-state index in [0.29, 0.717) is 26.1 Å². The van der Waals surface area contributed by atoms with Crippen LogP contribution in [0.2, 0.25) is 0 Å². The van der Waals surface area contributed by atoms with E-state index in [1.165, 1.54) is 0 Å². The molecule has 1 fully saturated rings. The maximum absolute atomic E-state index is 15.7. The molecule has 0 aromatic heterocycles. The first-order chi connectivity index (χ1) is 11.3. The topological polar surface area (TPSA) is 53.5 Å². The lowest BCUT2D eigenvalue weighted by molar-refractivity contribution is -0.0667. The van der Waals surface area contributed by atoms with Gasteiger partial charge in [0.15, 0.2) is 0 Å². The van der Waals surface area contributed by atoms with Gasteiger partial charge in [-0.05, 0) is 26.8 Å². The van der Waals surface area contributed by atoms with Crippen LogP contribution in [0.3, 0.4) is 0 Å². The lowest BCUT2D eigenvalue weighted by atomic mass is 9.76. The molecule has 0 bridgehead atoms. The molecule has 4 nitrogen and oxygen atoms in total. The lowest BCUT2D eigenvalue weighted by Crippen LogP contribution is -2.52. The van der Waals surface area contributed by atoms with Crippen LogP contribution in [0.5, 0.6) is 5.75 Å². The molecule has 1 aromatic rings. The SMILES string of the molecule is CC(C)(C)[S+]([O-])N[C@H]1c2ccccc2OC[C@@H]1C1(F)CCOCC1. The van der Waals surface area contributed by atoms with Gasteiger partial charge in [0.1, 0.15) is 16.2 Å². The van der Waals surface area contributed by atoms with E-state index < -0.39 is 21.8 Å². The molecule has 0 spiro atoms. The average molecular weight is 355 g/mol. The van der Waals surface area contributed by atoms with Crippen LogP contribution in [-0.4, -0.2) is 34.8 Å². The summed E-state index contributed by atoms with van der Waals surface area (Å²) in [6.07, 6.45) is 0.701. The van der Waals surface area contributed by atoms with Gasteiger partial charge in [0.2, 0.25) is 0 Å². The van der Waals surface area contributed by atoms with E-state index in [1.54, 1.807) is 0 Å². The number of nitrogens with one attached hydrogen (secondary N) is 1. The summed E-state index contributed by atoms with van der Waals surface area (Å²) in [6.45, 7) is 6.86. The van der Waals surface area contributed by atoms with E-state index in [0.717, 1.165) is 11.3 Å². The van der Waals surface area contributed by atoms with Crippen LogP contribution in [0.1, 0.15) is 45.2 Å². The minimum absolute atomic E-state index is 0.284. The van der Waals surface area contributed by atoms with Gasteiger partial charge in [0.05, 0.1) is 18.6 Å². The summed E-state index contributed by atoms with van der Waals surface area (Å²) in [7, 11) is 0. The minimum Gasteiger partial charge on any atom is -0.598 e. The molecule has 134 valence electrons. The second-order valence-corrected chi connectivity index (χ2v) is 9.58. The van der Waals surface area contributed by atoms with Crippen molar-refractivity contribution < 1.29 is 18.4 Å². The zero-order chi connectivity index (χ0) is 17.4. The molecule has 0 aliphatic carbocycles. The Labute approximate surface area is 146 Å². The first-order valence-electron chi connectivity index (χ1n) is 8.48. The lowest BCUT2D eigenvalue weighted by Gasteiger charge is -2.44. The van der Waals surface area contributed by atoms with E-state index in [2.05, 4.69) is 4.72 Å². The molecule has 2 heterocycles. The number of rotatable bonds is 3. The van der Waals surface area contributed by atoms with Crippen LogP contribution >= 0.6 is 0 Å². The summed E-state index contributed by atoms with van der Waals surface area (Å²) in [5.41, 5.74) is -0.485.